The van der Waals surface area contributed by atoms with Crippen molar-refractivity contribution in [2.75, 3.05) is 0 Å². The maximum atomic E-state index is 13.1. The summed E-state index contributed by atoms with van der Waals surface area (Å²) in [5.41, 5.74) is 0.824. The summed E-state index contributed by atoms with van der Waals surface area (Å²) in [7, 11) is 0. The van der Waals surface area contributed by atoms with E-state index >= 15 is 0 Å². The van der Waals surface area contributed by atoms with Crippen LogP contribution < -0.4 is 0 Å². The quantitative estimate of drug-likeness (QED) is 0.819. The third-order valence-corrected chi connectivity index (χ3v) is 3.02. The van der Waals surface area contributed by atoms with Gasteiger partial charge >= 0.3 is 0 Å². The fourth-order valence-corrected chi connectivity index (χ4v) is 1.88. The van der Waals surface area contributed by atoms with Crippen molar-refractivity contribution >= 4 is 16.8 Å². The molecule has 1 heterocycles. The zero-order chi connectivity index (χ0) is 12.0. The van der Waals surface area contributed by atoms with E-state index in [4.69, 9.17) is 0 Å². The van der Waals surface area contributed by atoms with Crippen LogP contribution in [0.15, 0.2) is 18.5 Å². The van der Waals surface area contributed by atoms with Crippen LogP contribution in [0.25, 0.3) is 11.0 Å². The summed E-state index contributed by atoms with van der Waals surface area (Å²) in [6, 6.07) is 2.13. The second kappa shape index (κ2) is 3.61. The van der Waals surface area contributed by atoms with Gasteiger partial charge in [-0.15, -0.1) is 0 Å². The van der Waals surface area contributed by atoms with E-state index in [1.165, 1.54) is 6.33 Å². The molecule has 3 rings (SSSR count). The Hall–Kier alpha value is -1.78. The Labute approximate surface area is 96.1 Å². The maximum Gasteiger partial charge on any atom is 0.161 e. The fraction of sp³-hybridized carbons (Fsp3) is 0.333. The Bertz CT molecular complexity index is 602. The normalized spacial score (nSPS) is 15.4. The summed E-state index contributed by atoms with van der Waals surface area (Å²) in [6.45, 7) is 0.187. The molecule has 2 aromatic rings. The van der Waals surface area contributed by atoms with Crippen molar-refractivity contribution in [3.8, 4) is 0 Å². The minimum atomic E-state index is -0.920. The number of carbonyl (C=O) groups excluding carboxylic acids is 1. The molecule has 0 amide bonds. The number of hydrogen-bond donors (Lipinski definition) is 0. The molecular weight excluding hydrogens is 226 g/mol. The Morgan fingerprint density at radius 1 is 1.35 bits per heavy atom. The van der Waals surface area contributed by atoms with Crippen LogP contribution in [0, 0.1) is 17.6 Å². The van der Waals surface area contributed by atoms with Crippen LogP contribution in [-0.2, 0) is 11.3 Å². The molecule has 1 saturated carbocycles. The molecular formula is C12H10F2N2O. The lowest BCUT2D eigenvalue weighted by Gasteiger charge is -2.02. The van der Waals surface area contributed by atoms with Gasteiger partial charge in [0.1, 0.15) is 0 Å². The molecule has 1 aliphatic carbocycles. The van der Waals surface area contributed by atoms with Gasteiger partial charge in [-0.25, -0.2) is 13.8 Å². The molecule has 0 atom stereocenters. The molecule has 0 unspecified atom stereocenters. The summed E-state index contributed by atoms with van der Waals surface area (Å²) < 4.78 is 27.6. The van der Waals surface area contributed by atoms with E-state index in [1.54, 1.807) is 4.57 Å². The number of aromatic nitrogens is 2. The van der Waals surface area contributed by atoms with Crippen LogP contribution in [0.2, 0.25) is 0 Å². The Balaban J connectivity index is 1.99. The maximum absolute atomic E-state index is 13.1. The smallest absolute Gasteiger partial charge is 0.161 e. The third-order valence-electron chi connectivity index (χ3n) is 3.02. The lowest BCUT2D eigenvalue weighted by molar-refractivity contribution is -0.120. The number of fused-ring (bicyclic) bond motifs is 1. The highest BCUT2D eigenvalue weighted by atomic mass is 19.2. The van der Waals surface area contributed by atoms with Gasteiger partial charge in [0, 0.05) is 18.1 Å². The number of ketones is 1. The monoisotopic (exact) mass is 236 g/mol. The van der Waals surface area contributed by atoms with Gasteiger partial charge in [0.05, 0.1) is 23.9 Å². The van der Waals surface area contributed by atoms with Gasteiger partial charge in [-0.2, -0.15) is 0 Å². The summed E-state index contributed by atoms with van der Waals surface area (Å²) in [6.07, 6.45) is 3.33. The van der Waals surface area contributed by atoms with E-state index < -0.39 is 11.6 Å². The number of carbonyl (C=O) groups is 1. The van der Waals surface area contributed by atoms with Gasteiger partial charge in [-0.05, 0) is 12.8 Å². The van der Waals surface area contributed by atoms with Crippen LogP contribution in [0.5, 0.6) is 0 Å². The molecule has 3 nitrogen and oxygen atoms in total. The van der Waals surface area contributed by atoms with Gasteiger partial charge in [-0.1, -0.05) is 0 Å². The lowest BCUT2D eigenvalue weighted by atomic mass is 10.2. The molecule has 1 aliphatic rings. The molecule has 0 spiro atoms. The second-order valence-electron chi connectivity index (χ2n) is 4.37. The predicted octanol–water partition coefficient (Wildman–Crippen LogP) is 2.29. The van der Waals surface area contributed by atoms with Crippen molar-refractivity contribution in [2.24, 2.45) is 5.92 Å². The second-order valence-corrected chi connectivity index (χ2v) is 4.37. The van der Waals surface area contributed by atoms with Crippen LogP contribution in [0.1, 0.15) is 12.8 Å². The molecule has 88 valence electrons. The van der Waals surface area contributed by atoms with E-state index in [0.29, 0.717) is 11.0 Å². The van der Waals surface area contributed by atoms with Crippen molar-refractivity contribution in [2.45, 2.75) is 19.4 Å². The van der Waals surface area contributed by atoms with Gasteiger partial charge in [-0.3, -0.25) is 4.79 Å². The van der Waals surface area contributed by atoms with Crippen LogP contribution in [-0.4, -0.2) is 15.3 Å². The number of benzene rings is 1. The van der Waals surface area contributed by atoms with E-state index in [2.05, 4.69) is 4.98 Å². The first kappa shape index (κ1) is 10.4. The molecule has 5 heteroatoms. The summed E-state index contributed by atoms with van der Waals surface area (Å²) in [4.78, 5) is 15.6. The SMILES string of the molecule is O=C(Cn1cnc2cc(F)c(F)cc21)C1CC1. The standard InChI is InChI=1S/C12H10F2N2O/c13-8-3-10-11(4-9(8)14)16(6-15-10)5-12(17)7-1-2-7/h3-4,6-7H,1-2,5H2. The van der Waals surface area contributed by atoms with Crippen LogP contribution in [0.3, 0.4) is 0 Å². The van der Waals surface area contributed by atoms with E-state index in [1.807, 2.05) is 0 Å². The van der Waals surface area contributed by atoms with Crippen molar-refractivity contribution in [3.05, 3.63) is 30.1 Å². The van der Waals surface area contributed by atoms with E-state index in [0.717, 1.165) is 25.0 Å². The first-order valence-electron chi connectivity index (χ1n) is 5.48. The Morgan fingerprint density at radius 2 is 2.06 bits per heavy atom. The van der Waals surface area contributed by atoms with Crippen LogP contribution >= 0.6 is 0 Å². The van der Waals surface area contributed by atoms with Gasteiger partial charge < -0.3 is 4.57 Å². The molecule has 0 radical (unpaired) electrons. The minimum absolute atomic E-state index is 0.133. The molecule has 0 aliphatic heterocycles. The van der Waals surface area contributed by atoms with E-state index in [-0.39, 0.29) is 18.2 Å². The molecule has 0 bridgehead atoms. The minimum Gasteiger partial charge on any atom is -0.323 e. The molecule has 1 aromatic carbocycles. The molecule has 1 aromatic heterocycles. The van der Waals surface area contributed by atoms with Crippen LogP contribution in [0.4, 0.5) is 8.78 Å². The summed E-state index contributed by atoms with van der Waals surface area (Å²) >= 11 is 0. The lowest BCUT2D eigenvalue weighted by Crippen LogP contribution is -2.10. The number of Topliss-reactive ketones (excluding diaryl/α,β-unsaturated/α-hetero) is 1. The van der Waals surface area contributed by atoms with Crippen molar-refractivity contribution in [3.63, 3.8) is 0 Å². The third kappa shape index (κ3) is 1.81. The fourth-order valence-electron chi connectivity index (χ4n) is 1.88. The summed E-state index contributed by atoms with van der Waals surface area (Å²) in [5.74, 6) is -1.55. The number of rotatable bonds is 3. The topological polar surface area (TPSA) is 34.9 Å². The van der Waals surface area contributed by atoms with Crippen molar-refractivity contribution < 1.29 is 13.6 Å². The molecule has 0 saturated heterocycles. The highest BCUT2D eigenvalue weighted by molar-refractivity contribution is 5.85. The van der Waals surface area contributed by atoms with Crippen molar-refractivity contribution in [1.29, 1.82) is 0 Å². The Morgan fingerprint density at radius 3 is 2.76 bits per heavy atom. The molecule has 1 fully saturated rings. The number of halogens is 2. The average Bonchev–Trinajstić information content (AvgIpc) is 3.07. The predicted molar refractivity (Wildman–Crippen MR) is 57.4 cm³/mol. The zero-order valence-electron chi connectivity index (χ0n) is 8.99. The number of imidazole rings is 1. The molecule has 17 heavy (non-hydrogen) atoms. The highest BCUT2D eigenvalue weighted by Crippen LogP contribution is 2.30. The largest absolute Gasteiger partial charge is 0.323 e. The Kier molecular flexibility index (Phi) is 2.21. The van der Waals surface area contributed by atoms with Gasteiger partial charge in [0.25, 0.3) is 0 Å². The summed E-state index contributed by atoms with van der Waals surface area (Å²) in [5, 5.41) is 0. The van der Waals surface area contributed by atoms with Crippen molar-refractivity contribution in [1.82, 2.24) is 9.55 Å². The molecule has 0 N–H and O–H groups in total. The van der Waals surface area contributed by atoms with E-state index in [9.17, 15) is 13.6 Å². The van der Waals surface area contributed by atoms with Gasteiger partial charge in [0.2, 0.25) is 0 Å². The first-order valence-corrected chi connectivity index (χ1v) is 5.48. The highest BCUT2D eigenvalue weighted by Gasteiger charge is 2.29. The number of nitrogens with zero attached hydrogens (tertiary/aromatic N) is 2. The number of hydrogen-bond acceptors (Lipinski definition) is 2. The zero-order valence-corrected chi connectivity index (χ0v) is 8.99. The van der Waals surface area contributed by atoms with Gasteiger partial charge in [0.15, 0.2) is 17.4 Å². The average molecular weight is 236 g/mol. The first-order chi connectivity index (χ1) is 8.15.